The quantitative estimate of drug-likeness (QED) is 0.424. The lowest BCUT2D eigenvalue weighted by Crippen LogP contribution is -2.14. The fourth-order valence-corrected chi connectivity index (χ4v) is 4.09. The van der Waals surface area contributed by atoms with E-state index in [2.05, 4.69) is 41.1 Å². The molecule has 0 bridgehead atoms. The molecule has 0 aliphatic rings. The summed E-state index contributed by atoms with van der Waals surface area (Å²) in [5.41, 5.74) is 5.23. The van der Waals surface area contributed by atoms with E-state index in [9.17, 15) is 4.79 Å². The number of para-hydroxylation sites is 2. The van der Waals surface area contributed by atoms with Crippen LogP contribution in [0.4, 0.5) is 5.69 Å². The van der Waals surface area contributed by atoms with E-state index in [1.54, 1.807) is 7.11 Å². The number of rotatable bonds is 7. The van der Waals surface area contributed by atoms with E-state index in [4.69, 9.17) is 9.72 Å². The molecule has 1 amide bonds. The number of hydrogen-bond donors (Lipinski definition) is 1. The van der Waals surface area contributed by atoms with Gasteiger partial charge < -0.3 is 14.6 Å². The third-order valence-corrected chi connectivity index (χ3v) is 5.89. The van der Waals surface area contributed by atoms with Crippen molar-refractivity contribution in [3.05, 3.63) is 83.9 Å². The van der Waals surface area contributed by atoms with Gasteiger partial charge in [0, 0.05) is 5.69 Å². The lowest BCUT2D eigenvalue weighted by molar-refractivity contribution is -0.113. The predicted octanol–water partition coefficient (Wildman–Crippen LogP) is 5.13. The van der Waals surface area contributed by atoms with Crippen molar-refractivity contribution < 1.29 is 9.53 Å². The van der Waals surface area contributed by atoms with Gasteiger partial charge in [-0.3, -0.25) is 4.79 Å². The van der Waals surface area contributed by atoms with Gasteiger partial charge >= 0.3 is 0 Å². The molecular weight excluding hydrogens is 394 g/mol. The highest BCUT2D eigenvalue weighted by Gasteiger charge is 2.14. The minimum Gasteiger partial charge on any atom is -0.497 e. The number of amides is 1. The first-order valence-corrected chi connectivity index (χ1v) is 10.7. The zero-order chi connectivity index (χ0) is 20.9. The molecule has 1 aromatic heterocycles. The summed E-state index contributed by atoms with van der Waals surface area (Å²) in [5, 5.41) is 3.76. The van der Waals surface area contributed by atoms with E-state index < -0.39 is 0 Å². The summed E-state index contributed by atoms with van der Waals surface area (Å²) in [5.74, 6) is 0.968. The summed E-state index contributed by atoms with van der Waals surface area (Å²) in [7, 11) is 1.62. The molecule has 4 aromatic rings. The molecule has 5 nitrogen and oxygen atoms in total. The summed E-state index contributed by atoms with van der Waals surface area (Å²) >= 11 is 1.45. The highest BCUT2D eigenvalue weighted by atomic mass is 32.2. The number of hydrogen-bond acceptors (Lipinski definition) is 4. The van der Waals surface area contributed by atoms with Crippen LogP contribution in [0.5, 0.6) is 5.75 Å². The normalized spacial score (nSPS) is 10.9. The Bertz CT molecular complexity index is 1170. The minimum atomic E-state index is -0.0698. The van der Waals surface area contributed by atoms with Crippen LogP contribution in [0.1, 0.15) is 11.1 Å². The SMILES string of the molecule is COc1ccc(NC(=O)CSc2nc3ccccc3n2Cc2ccccc2C)cc1. The molecule has 30 heavy (non-hydrogen) atoms. The molecule has 0 aliphatic carbocycles. The number of benzene rings is 3. The zero-order valence-corrected chi connectivity index (χ0v) is 17.8. The number of ether oxygens (including phenoxy) is 1. The minimum absolute atomic E-state index is 0.0698. The maximum absolute atomic E-state index is 12.5. The molecule has 0 radical (unpaired) electrons. The lowest BCUT2D eigenvalue weighted by Gasteiger charge is -2.11. The number of aryl methyl sites for hydroxylation is 1. The second-order valence-corrected chi connectivity index (χ2v) is 7.90. The summed E-state index contributed by atoms with van der Waals surface area (Å²) in [4.78, 5) is 17.2. The van der Waals surface area contributed by atoms with E-state index >= 15 is 0 Å². The van der Waals surface area contributed by atoms with Gasteiger partial charge in [0.05, 0.1) is 30.4 Å². The van der Waals surface area contributed by atoms with Gasteiger partial charge in [0.2, 0.25) is 5.91 Å². The van der Waals surface area contributed by atoms with E-state index in [0.717, 1.165) is 34.2 Å². The molecule has 4 rings (SSSR count). The van der Waals surface area contributed by atoms with Crippen molar-refractivity contribution in [1.29, 1.82) is 0 Å². The Morgan fingerprint density at radius 2 is 1.77 bits per heavy atom. The summed E-state index contributed by atoms with van der Waals surface area (Å²) in [6.07, 6.45) is 0. The van der Waals surface area contributed by atoms with Crippen LogP contribution in [-0.2, 0) is 11.3 Å². The fraction of sp³-hybridized carbons (Fsp3) is 0.167. The first-order valence-electron chi connectivity index (χ1n) is 9.70. The van der Waals surface area contributed by atoms with Crippen LogP contribution < -0.4 is 10.1 Å². The Hall–Kier alpha value is -3.25. The van der Waals surface area contributed by atoms with Gasteiger partial charge in [0.25, 0.3) is 0 Å². The zero-order valence-electron chi connectivity index (χ0n) is 17.0. The van der Waals surface area contributed by atoms with Gasteiger partial charge in [-0.1, -0.05) is 48.2 Å². The molecule has 3 aromatic carbocycles. The number of fused-ring (bicyclic) bond motifs is 1. The standard InChI is InChI=1S/C24H23N3O2S/c1-17-7-3-4-8-18(17)15-27-22-10-6-5-9-21(22)26-24(27)30-16-23(28)25-19-11-13-20(29-2)14-12-19/h3-14H,15-16H2,1-2H3,(H,25,28). The molecule has 0 spiro atoms. The van der Waals surface area contributed by atoms with Crippen molar-refractivity contribution in [2.24, 2.45) is 0 Å². The number of carbonyl (C=O) groups is 1. The lowest BCUT2D eigenvalue weighted by atomic mass is 10.1. The number of anilines is 1. The van der Waals surface area contributed by atoms with Crippen LogP contribution in [0.2, 0.25) is 0 Å². The third-order valence-electron chi connectivity index (χ3n) is 4.92. The highest BCUT2D eigenvalue weighted by Crippen LogP contribution is 2.26. The Balaban J connectivity index is 1.51. The molecule has 1 heterocycles. The number of imidazole rings is 1. The maximum Gasteiger partial charge on any atom is 0.234 e. The van der Waals surface area contributed by atoms with Crippen LogP contribution in [0.25, 0.3) is 11.0 Å². The smallest absolute Gasteiger partial charge is 0.234 e. The Kier molecular flexibility index (Phi) is 6.05. The number of aromatic nitrogens is 2. The molecule has 1 N–H and O–H groups in total. The van der Waals surface area contributed by atoms with Gasteiger partial charge in [0.15, 0.2) is 5.16 Å². The molecule has 6 heteroatoms. The van der Waals surface area contributed by atoms with Crippen molar-refractivity contribution in [3.8, 4) is 5.75 Å². The molecular formula is C24H23N3O2S. The predicted molar refractivity (Wildman–Crippen MR) is 122 cm³/mol. The number of thioether (sulfide) groups is 1. The number of methoxy groups -OCH3 is 1. The Morgan fingerprint density at radius 1 is 1.03 bits per heavy atom. The Labute approximate surface area is 180 Å². The first-order chi connectivity index (χ1) is 14.6. The summed E-state index contributed by atoms with van der Waals surface area (Å²) in [6, 6.07) is 23.7. The van der Waals surface area contributed by atoms with Crippen LogP contribution >= 0.6 is 11.8 Å². The first kappa shape index (κ1) is 20.0. The second-order valence-electron chi connectivity index (χ2n) is 6.96. The van der Waals surface area contributed by atoms with E-state index in [1.165, 1.54) is 22.9 Å². The number of nitrogens with zero attached hydrogens (tertiary/aromatic N) is 2. The molecule has 0 saturated heterocycles. The topological polar surface area (TPSA) is 56.1 Å². The number of carbonyl (C=O) groups excluding carboxylic acids is 1. The fourth-order valence-electron chi connectivity index (χ4n) is 3.28. The molecule has 0 unspecified atom stereocenters. The third kappa shape index (κ3) is 4.49. The van der Waals surface area contributed by atoms with E-state index in [-0.39, 0.29) is 11.7 Å². The molecule has 152 valence electrons. The van der Waals surface area contributed by atoms with Crippen LogP contribution in [0.15, 0.2) is 78.0 Å². The monoisotopic (exact) mass is 417 g/mol. The van der Waals surface area contributed by atoms with Gasteiger partial charge in [-0.2, -0.15) is 0 Å². The highest BCUT2D eigenvalue weighted by molar-refractivity contribution is 7.99. The van der Waals surface area contributed by atoms with Gasteiger partial charge in [-0.25, -0.2) is 4.98 Å². The average molecular weight is 418 g/mol. The Morgan fingerprint density at radius 3 is 2.53 bits per heavy atom. The van der Waals surface area contributed by atoms with Gasteiger partial charge in [-0.05, 0) is 54.4 Å². The van der Waals surface area contributed by atoms with Crippen LogP contribution in [0, 0.1) is 6.92 Å². The van der Waals surface area contributed by atoms with E-state index in [0.29, 0.717) is 0 Å². The van der Waals surface area contributed by atoms with E-state index in [1.807, 2.05) is 48.5 Å². The van der Waals surface area contributed by atoms with Crippen molar-refractivity contribution in [3.63, 3.8) is 0 Å². The van der Waals surface area contributed by atoms with Crippen molar-refractivity contribution in [1.82, 2.24) is 9.55 Å². The average Bonchev–Trinajstić information content (AvgIpc) is 3.12. The van der Waals surface area contributed by atoms with Gasteiger partial charge in [0.1, 0.15) is 5.75 Å². The summed E-state index contributed by atoms with van der Waals surface area (Å²) in [6.45, 7) is 2.83. The molecule has 0 saturated carbocycles. The summed E-state index contributed by atoms with van der Waals surface area (Å²) < 4.78 is 7.33. The molecule has 0 atom stereocenters. The van der Waals surface area contributed by atoms with Crippen molar-refractivity contribution in [2.75, 3.05) is 18.2 Å². The van der Waals surface area contributed by atoms with Crippen LogP contribution in [0.3, 0.4) is 0 Å². The van der Waals surface area contributed by atoms with Crippen LogP contribution in [-0.4, -0.2) is 28.3 Å². The van der Waals surface area contributed by atoms with Crippen molar-refractivity contribution in [2.45, 2.75) is 18.6 Å². The van der Waals surface area contributed by atoms with Gasteiger partial charge in [-0.15, -0.1) is 0 Å². The molecule has 0 aliphatic heterocycles. The van der Waals surface area contributed by atoms with Crippen molar-refractivity contribution >= 4 is 34.4 Å². The number of nitrogens with one attached hydrogen (secondary N) is 1. The maximum atomic E-state index is 12.5. The second kappa shape index (κ2) is 9.05. The molecule has 0 fully saturated rings. The largest absolute Gasteiger partial charge is 0.497 e.